The molecule has 3 heterocycles. The number of carbonyl (C=O) groups excluding carboxylic acids is 1. The fourth-order valence-electron chi connectivity index (χ4n) is 2.55. The number of pyridine rings is 1. The molecule has 0 aliphatic rings. The van der Waals surface area contributed by atoms with E-state index in [2.05, 4.69) is 25.6 Å². The zero-order valence-electron chi connectivity index (χ0n) is 12.7. The van der Waals surface area contributed by atoms with Gasteiger partial charge in [-0.25, -0.2) is 0 Å². The number of aromatic amines is 1. The second kappa shape index (κ2) is 5.96. The molecule has 0 spiro atoms. The standard InChI is InChI=1S/C17H14N6O/c24-17(14-6-9-19-21-14)20-15-7-10-23(22-15)11-13-4-1-3-12-5-2-8-18-16(12)13/h1-10H,11H2,(H,19,21)(H,20,22,24). The highest BCUT2D eigenvalue weighted by atomic mass is 16.2. The van der Waals surface area contributed by atoms with Crippen LogP contribution < -0.4 is 5.32 Å². The maximum atomic E-state index is 12.0. The molecule has 0 saturated heterocycles. The van der Waals surface area contributed by atoms with Gasteiger partial charge in [0, 0.05) is 30.0 Å². The van der Waals surface area contributed by atoms with Crippen molar-refractivity contribution in [2.24, 2.45) is 0 Å². The van der Waals surface area contributed by atoms with Crippen LogP contribution in [0.4, 0.5) is 5.82 Å². The molecule has 4 rings (SSSR count). The van der Waals surface area contributed by atoms with Gasteiger partial charge in [0.15, 0.2) is 5.82 Å². The van der Waals surface area contributed by atoms with Crippen molar-refractivity contribution >= 4 is 22.6 Å². The number of nitrogens with zero attached hydrogens (tertiary/aromatic N) is 4. The summed E-state index contributed by atoms with van der Waals surface area (Å²) in [7, 11) is 0. The average molecular weight is 318 g/mol. The average Bonchev–Trinajstić information content (AvgIpc) is 3.27. The molecular weight excluding hydrogens is 304 g/mol. The Bertz CT molecular complexity index is 984. The Morgan fingerprint density at radius 2 is 2.04 bits per heavy atom. The summed E-state index contributed by atoms with van der Waals surface area (Å²) < 4.78 is 1.77. The number of hydrogen-bond acceptors (Lipinski definition) is 4. The predicted molar refractivity (Wildman–Crippen MR) is 89.6 cm³/mol. The molecule has 0 unspecified atom stereocenters. The van der Waals surface area contributed by atoms with Crippen molar-refractivity contribution < 1.29 is 4.79 Å². The predicted octanol–water partition coefficient (Wildman–Crippen LogP) is 2.45. The molecule has 0 saturated carbocycles. The molecule has 7 nitrogen and oxygen atoms in total. The Labute approximate surface area is 137 Å². The van der Waals surface area contributed by atoms with Crippen LogP contribution >= 0.6 is 0 Å². The molecule has 7 heteroatoms. The van der Waals surface area contributed by atoms with Crippen LogP contribution in [0.15, 0.2) is 61.1 Å². The molecule has 0 aliphatic carbocycles. The van der Waals surface area contributed by atoms with Crippen molar-refractivity contribution in [3.8, 4) is 0 Å². The summed E-state index contributed by atoms with van der Waals surface area (Å²) in [6.45, 7) is 0.578. The van der Waals surface area contributed by atoms with Gasteiger partial charge in [0.05, 0.1) is 12.1 Å². The number of amides is 1. The van der Waals surface area contributed by atoms with Crippen LogP contribution in [0.2, 0.25) is 0 Å². The Kier molecular flexibility index (Phi) is 3.51. The first kappa shape index (κ1) is 14.1. The van der Waals surface area contributed by atoms with Crippen LogP contribution in [0.25, 0.3) is 10.9 Å². The maximum Gasteiger partial charge on any atom is 0.274 e. The number of hydrogen-bond donors (Lipinski definition) is 2. The van der Waals surface area contributed by atoms with Crippen molar-refractivity contribution in [1.29, 1.82) is 0 Å². The monoisotopic (exact) mass is 318 g/mol. The number of nitrogens with one attached hydrogen (secondary N) is 2. The minimum atomic E-state index is -0.274. The lowest BCUT2D eigenvalue weighted by atomic mass is 10.1. The zero-order chi connectivity index (χ0) is 16.4. The molecule has 3 aromatic heterocycles. The molecule has 0 bridgehead atoms. The van der Waals surface area contributed by atoms with Crippen LogP contribution in [0.3, 0.4) is 0 Å². The minimum Gasteiger partial charge on any atom is -0.304 e. The fraction of sp³-hybridized carbons (Fsp3) is 0.0588. The second-order valence-corrected chi connectivity index (χ2v) is 5.32. The number of H-pyrrole nitrogens is 1. The lowest BCUT2D eigenvalue weighted by Crippen LogP contribution is -2.13. The highest BCUT2D eigenvalue weighted by Crippen LogP contribution is 2.17. The van der Waals surface area contributed by atoms with Gasteiger partial charge in [0.25, 0.3) is 5.91 Å². The van der Waals surface area contributed by atoms with E-state index in [9.17, 15) is 4.79 Å². The number of para-hydroxylation sites is 1. The topological polar surface area (TPSA) is 88.5 Å². The first-order chi connectivity index (χ1) is 11.8. The van der Waals surface area contributed by atoms with Crippen LogP contribution in [0.1, 0.15) is 16.1 Å². The Balaban J connectivity index is 1.54. The number of aromatic nitrogens is 5. The van der Waals surface area contributed by atoms with E-state index >= 15 is 0 Å². The van der Waals surface area contributed by atoms with E-state index in [0.29, 0.717) is 18.1 Å². The highest BCUT2D eigenvalue weighted by molar-refractivity contribution is 6.02. The van der Waals surface area contributed by atoms with E-state index in [1.807, 2.05) is 36.5 Å². The first-order valence-electron chi connectivity index (χ1n) is 7.46. The van der Waals surface area contributed by atoms with E-state index in [1.54, 1.807) is 23.0 Å². The van der Waals surface area contributed by atoms with Crippen molar-refractivity contribution in [2.75, 3.05) is 5.32 Å². The van der Waals surface area contributed by atoms with Gasteiger partial charge in [-0.2, -0.15) is 10.2 Å². The quantitative estimate of drug-likeness (QED) is 0.605. The summed E-state index contributed by atoms with van der Waals surface area (Å²) in [5, 5.41) is 14.6. The van der Waals surface area contributed by atoms with Crippen LogP contribution in [-0.4, -0.2) is 30.9 Å². The van der Waals surface area contributed by atoms with Gasteiger partial charge in [0.2, 0.25) is 0 Å². The van der Waals surface area contributed by atoms with E-state index in [-0.39, 0.29) is 5.91 Å². The Hall–Kier alpha value is -3.48. The minimum absolute atomic E-state index is 0.274. The van der Waals surface area contributed by atoms with Crippen LogP contribution in [-0.2, 0) is 6.54 Å². The zero-order valence-corrected chi connectivity index (χ0v) is 12.7. The Morgan fingerprint density at radius 1 is 1.12 bits per heavy atom. The van der Waals surface area contributed by atoms with Crippen molar-refractivity contribution in [3.63, 3.8) is 0 Å². The summed E-state index contributed by atoms with van der Waals surface area (Å²) in [5.74, 6) is 0.215. The van der Waals surface area contributed by atoms with Crippen LogP contribution in [0.5, 0.6) is 0 Å². The lowest BCUT2D eigenvalue weighted by Gasteiger charge is -2.06. The third kappa shape index (κ3) is 2.74. The number of fused-ring (bicyclic) bond motifs is 1. The van der Waals surface area contributed by atoms with E-state index in [1.165, 1.54) is 6.20 Å². The molecule has 4 aromatic rings. The molecular formula is C17H14N6O. The van der Waals surface area contributed by atoms with E-state index in [0.717, 1.165) is 16.5 Å². The SMILES string of the molecule is O=C(Nc1ccn(Cc2cccc3cccnc23)n1)c1ccn[nH]1. The van der Waals surface area contributed by atoms with Gasteiger partial charge in [-0.3, -0.25) is 19.6 Å². The third-order valence-corrected chi connectivity index (χ3v) is 3.68. The first-order valence-corrected chi connectivity index (χ1v) is 7.46. The molecule has 0 radical (unpaired) electrons. The number of rotatable bonds is 4. The Morgan fingerprint density at radius 3 is 2.92 bits per heavy atom. The largest absolute Gasteiger partial charge is 0.304 e. The van der Waals surface area contributed by atoms with Crippen molar-refractivity contribution in [3.05, 3.63) is 72.3 Å². The van der Waals surface area contributed by atoms with E-state index in [4.69, 9.17) is 0 Å². The van der Waals surface area contributed by atoms with Gasteiger partial charge in [0.1, 0.15) is 5.69 Å². The number of anilines is 1. The van der Waals surface area contributed by atoms with Crippen molar-refractivity contribution in [1.82, 2.24) is 25.0 Å². The molecule has 0 fully saturated rings. The molecule has 0 aliphatic heterocycles. The lowest BCUT2D eigenvalue weighted by molar-refractivity contribution is 0.102. The number of benzene rings is 1. The smallest absolute Gasteiger partial charge is 0.274 e. The second-order valence-electron chi connectivity index (χ2n) is 5.32. The summed E-state index contributed by atoms with van der Waals surface area (Å²) in [4.78, 5) is 16.4. The van der Waals surface area contributed by atoms with Gasteiger partial charge in [-0.1, -0.05) is 24.3 Å². The van der Waals surface area contributed by atoms with Gasteiger partial charge in [-0.15, -0.1) is 0 Å². The molecule has 2 N–H and O–H groups in total. The molecule has 0 atom stereocenters. The van der Waals surface area contributed by atoms with Gasteiger partial charge >= 0.3 is 0 Å². The van der Waals surface area contributed by atoms with E-state index < -0.39 is 0 Å². The van der Waals surface area contributed by atoms with Crippen molar-refractivity contribution in [2.45, 2.75) is 6.54 Å². The molecule has 1 amide bonds. The molecule has 118 valence electrons. The van der Waals surface area contributed by atoms with Gasteiger partial charge < -0.3 is 5.32 Å². The summed E-state index contributed by atoms with van der Waals surface area (Å²) >= 11 is 0. The molecule has 24 heavy (non-hydrogen) atoms. The fourth-order valence-corrected chi connectivity index (χ4v) is 2.55. The van der Waals surface area contributed by atoms with Gasteiger partial charge in [-0.05, 0) is 17.7 Å². The maximum absolute atomic E-state index is 12.0. The summed E-state index contributed by atoms with van der Waals surface area (Å²) in [6.07, 6.45) is 5.14. The third-order valence-electron chi connectivity index (χ3n) is 3.68. The summed E-state index contributed by atoms with van der Waals surface area (Å²) in [6, 6.07) is 13.4. The number of carbonyl (C=O) groups is 1. The highest BCUT2D eigenvalue weighted by Gasteiger charge is 2.09. The normalized spacial score (nSPS) is 10.8. The summed E-state index contributed by atoms with van der Waals surface area (Å²) in [5.41, 5.74) is 2.42. The molecule has 1 aromatic carbocycles. The van der Waals surface area contributed by atoms with Crippen LogP contribution in [0, 0.1) is 0 Å².